The van der Waals surface area contributed by atoms with Crippen LogP contribution in [0.2, 0.25) is 0 Å². The summed E-state index contributed by atoms with van der Waals surface area (Å²) in [5.41, 5.74) is 5.39. The van der Waals surface area contributed by atoms with Crippen LogP contribution in [0.4, 0.5) is 0 Å². The van der Waals surface area contributed by atoms with Gasteiger partial charge in [0.2, 0.25) is 0 Å². The molecule has 2 aromatic carbocycles. The third kappa shape index (κ3) is 2.05. The molecule has 0 saturated heterocycles. The van der Waals surface area contributed by atoms with Gasteiger partial charge in [-0.15, -0.1) is 9.24 Å². The van der Waals surface area contributed by atoms with Gasteiger partial charge in [0, 0.05) is 0 Å². The van der Waals surface area contributed by atoms with E-state index in [4.69, 9.17) is 0 Å². The highest BCUT2D eigenvalue weighted by Gasteiger charge is 2.16. The van der Waals surface area contributed by atoms with Gasteiger partial charge in [0.15, 0.2) is 0 Å². The number of allylic oxidation sites excluding steroid dienone is 4. The fourth-order valence-corrected chi connectivity index (χ4v) is 2.96. The molecule has 0 heterocycles. The summed E-state index contributed by atoms with van der Waals surface area (Å²) in [6.07, 6.45) is 3.34. The largest absolute Gasteiger partial charge is 0.105 e. The summed E-state index contributed by atoms with van der Waals surface area (Å²) in [5.74, 6) is 0. The zero-order chi connectivity index (χ0) is 12.4. The Morgan fingerprint density at radius 2 is 1.28 bits per heavy atom. The summed E-state index contributed by atoms with van der Waals surface area (Å²) in [5, 5.41) is 1.33. The van der Waals surface area contributed by atoms with E-state index in [-0.39, 0.29) is 0 Å². The van der Waals surface area contributed by atoms with E-state index in [9.17, 15) is 0 Å². The Labute approximate surface area is 110 Å². The van der Waals surface area contributed by atoms with Crippen molar-refractivity contribution in [3.8, 4) is 0 Å². The van der Waals surface area contributed by atoms with Crippen molar-refractivity contribution < 1.29 is 0 Å². The van der Waals surface area contributed by atoms with Gasteiger partial charge in [-0.1, -0.05) is 66.7 Å². The van der Waals surface area contributed by atoms with Crippen molar-refractivity contribution in [1.29, 1.82) is 0 Å². The Hall–Kier alpha value is -1.65. The van der Waals surface area contributed by atoms with Gasteiger partial charge in [-0.3, -0.25) is 0 Å². The Morgan fingerprint density at radius 1 is 0.722 bits per heavy atom. The zero-order valence-electron chi connectivity index (χ0n) is 10.1. The quantitative estimate of drug-likeness (QED) is 0.674. The van der Waals surface area contributed by atoms with Crippen LogP contribution in [-0.2, 0) is 0 Å². The van der Waals surface area contributed by atoms with Crippen LogP contribution in [0.25, 0.3) is 11.1 Å². The molecule has 0 aromatic heterocycles. The molecule has 88 valence electrons. The van der Waals surface area contributed by atoms with Crippen LogP contribution in [0.3, 0.4) is 0 Å². The molecule has 0 spiro atoms. The van der Waals surface area contributed by atoms with Crippen LogP contribution in [0.1, 0.15) is 17.5 Å². The third-order valence-corrected chi connectivity index (χ3v) is 3.99. The highest BCUT2D eigenvalue weighted by atomic mass is 31.0. The van der Waals surface area contributed by atoms with Crippen LogP contribution >= 0.6 is 9.24 Å². The first-order chi connectivity index (χ1) is 8.86. The molecule has 1 aliphatic rings. The van der Waals surface area contributed by atoms with Crippen molar-refractivity contribution in [3.05, 3.63) is 83.2 Å². The lowest BCUT2D eigenvalue weighted by Crippen LogP contribution is -1.83. The van der Waals surface area contributed by atoms with E-state index >= 15 is 0 Å². The molecule has 0 nitrogen and oxygen atoms in total. The third-order valence-electron chi connectivity index (χ3n) is 3.33. The number of rotatable bonds is 2. The van der Waals surface area contributed by atoms with Crippen LogP contribution < -0.4 is 0 Å². The van der Waals surface area contributed by atoms with Gasteiger partial charge in [-0.25, -0.2) is 0 Å². The second kappa shape index (κ2) is 4.92. The van der Waals surface area contributed by atoms with Gasteiger partial charge < -0.3 is 0 Å². The first-order valence-corrected chi connectivity index (χ1v) is 6.74. The molecular formula is C17H15P. The average molecular weight is 250 g/mol. The summed E-state index contributed by atoms with van der Waals surface area (Å²) in [4.78, 5) is 0. The monoisotopic (exact) mass is 250 g/mol. The predicted molar refractivity (Wildman–Crippen MR) is 82.1 cm³/mol. The first kappa shape index (κ1) is 11.4. The van der Waals surface area contributed by atoms with Gasteiger partial charge in [0.05, 0.1) is 0 Å². The molecule has 1 aliphatic carbocycles. The van der Waals surface area contributed by atoms with E-state index in [1.807, 2.05) is 0 Å². The molecule has 2 aromatic rings. The van der Waals surface area contributed by atoms with Crippen molar-refractivity contribution in [2.24, 2.45) is 0 Å². The molecule has 3 rings (SSSR count). The molecule has 18 heavy (non-hydrogen) atoms. The number of benzene rings is 2. The smallest absolute Gasteiger partial charge is 0.00757 e. The Bertz CT molecular complexity index is 564. The Morgan fingerprint density at radius 3 is 1.89 bits per heavy atom. The molecule has 0 radical (unpaired) electrons. The first-order valence-electron chi connectivity index (χ1n) is 6.16. The minimum Gasteiger partial charge on any atom is -0.105 e. The fourth-order valence-electron chi connectivity index (χ4n) is 2.39. The minimum atomic E-state index is 1.02. The molecular weight excluding hydrogens is 235 g/mol. The molecule has 0 fully saturated rings. The molecule has 1 unspecified atom stereocenters. The van der Waals surface area contributed by atoms with Crippen LogP contribution in [0, 0.1) is 0 Å². The van der Waals surface area contributed by atoms with Crippen molar-refractivity contribution in [2.75, 3.05) is 0 Å². The van der Waals surface area contributed by atoms with Gasteiger partial charge in [-0.05, 0) is 34.0 Å². The van der Waals surface area contributed by atoms with Crippen LogP contribution in [0.5, 0.6) is 0 Å². The van der Waals surface area contributed by atoms with E-state index < -0.39 is 0 Å². The van der Waals surface area contributed by atoms with Gasteiger partial charge in [-0.2, -0.15) is 0 Å². The maximum Gasteiger partial charge on any atom is -0.00757 e. The summed E-state index contributed by atoms with van der Waals surface area (Å²) in [6.45, 7) is 0. The Balaban J connectivity index is 2.00. The van der Waals surface area contributed by atoms with Crippen molar-refractivity contribution in [3.63, 3.8) is 0 Å². The Kier molecular flexibility index (Phi) is 3.13. The second-order valence-corrected chi connectivity index (χ2v) is 5.02. The van der Waals surface area contributed by atoms with E-state index in [0.29, 0.717) is 0 Å². The highest BCUT2D eigenvalue weighted by molar-refractivity contribution is 7.24. The molecule has 0 N–H and O–H groups in total. The van der Waals surface area contributed by atoms with E-state index in [0.717, 1.165) is 6.42 Å². The lowest BCUT2D eigenvalue weighted by Gasteiger charge is -2.07. The molecule has 0 bridgehead atoms. The van der Waals surface area contributed by atoms with Crippen molar-refractivity contribution >= 4 is 20.4 Å². The van der Waals surface area contributed by atoms with Crippen LogP contribution in [-0.4, -0.2) is 0 Å². The second-order valence-electron chi connectivity index (χ2n) is 4.45. The molecule has 0 aliphatic heterocycles. The SMILES string of the molecule is PC1=C(c2ccccc2)CC=C1c1ccccc1. The van der Waals surface area contributed by atoms with E-state index in [2.05, 4.69) is 76.0 Å². The summed E-state index contributed by atoms with van der Waals surface area (Å²) >= 11 is 0. The normalized spacial score (nSPS) is 14.8. The molecule has 1 heteroatoms. The lowest BCUT2D eigenvalue weighted by molar-refractivity contribution is 1.43. The van der Waals surface area contributed by atoms with Gasteiger partial charge in [0.1, 0.15) is 0 Å². The highest BCUT2D eigenvalue weighted by Crippen LogP contribution is 2.41. The minimum absolute atomic E-state index is 1.02. The van der Waals surface area contributed by atoms with Crippen molar-refractivity contribution in [2.45, 2.75) is 6.42 Å². The number of hydrogen-bond acceptors (Lipinski definition) is 0. The topological polar surface area (TPSA) is 0 Å². The van der Waals surface area contributed by atoms with Gasteiger partial charge >= 0.3 is 0 Å². The molecule has 0 saturated carbocycles. The molecule has 0 amide bonds. The zero-order valence-corrected chi connectivity index (χ0v) is 11.3. The summed E-state index contributed by atoms with van der Waals surface area (Å²) in [6, 6.07) is 21.2. The average Bonchev–Trinajstić information content (AvgIpc) is 2.83. The van der Waals surface area contributed by atoms with Gasteiger partial charge in [0.25, 0.3) is 0 Å². The molecule has 1 atom stereocenters. The van der Waals surface area contributed by atoms with Crippen LogP contribution in [0.15, 0.2) is 72.1 Å². The maximum absolute atomic E-state index is 2.91. The standard InChI is InChI=1S/C17H15P/c18-17-15(13-7-3-1-4-8-13)11-12-16(17)14-9-5-2-6-10-14/h1-11H,12,18H2. The van der Waals surface area contributed by atoms with Crippen molar-refractivity contribution in [1.82, 2.24) is 0 Å². The van der Waals surface area contributed by atoms with E-state index in [1.165, 1.54) is 27.6 Å². The lowest BCUT2D eigenvalue weighted by atomic mass is 10.0. The van der Waals surface area contributed by atoms with E-state index in [1.54, 1.807) is 0 Å². The maximum atomic E-state index is 2.91. The predicted octanol–water partition coefficient (Wildman–Crippen LogP) is 4.76. The number of hydrogen-bond donors (Lipinski definition) is 0. The fraction of sp³-hybridized carbons (Fsp3) is 0.0588. The summed E-state index contributed by atoms with van der Waals surface area (Å²) < 4.78 is 0. The summed E-state index contributed by atoms with van der Waals surface area (Å²) in [7, 11) is 2.91.